The van der Waals surface area contributed by atoms with Crippen molar-refractivity contribution in [1.29, 1.82) is 0 Å². The molecular formula is C21H32N2O4. The van der Waals surface area contributed by atoms with E-state index in [0.29, 0.717) is 19.8 Å². The van der Waals surface area contributed by atoms with Gasteiger partial charge in [-0.05, 0) is 44.5 Å². The second kappa shape index (κ2) is 9.04. The quantitative estimate of drug-likeness (QED) is 0.683. The lowest BCUT2D eigenvalue weighted by molar-refractivity contribution is -0.135. The van der Waals surface area contributed by atoms with Crippen LogP contribution in [0, 0.1) is 5.41 Å². The largest absolute Gasteiger partial charge is 0.491 e. The molecule has 1 aromatic rings. The Balaban J connectivity index is 1.56. The molecule has 2 heterocycles. The molecular weight excluding hydrogens is 344 g/mol. The lowest BCUT2D eigenvalue weighted by atomic mass is 9.87. The van der Waals surface area contributed by atoms with E-state index in [0.717, 1.165) is 38.3 Å². The summed E-state index contributed by atoms with van der Waals surface area (Å²) in [6.07, 6.45) is 1.07. The van der Waals surface area contributed by atoms with Gasteiger partial charge in [0.15, 0.2) is 0 Å². The molecule has 2 aliphatic rings. The fourth-order valence-corrected chi connectivity index (χ4v) is 4.01. The molecule has 1 atom stereocenters. The van der Waals surface area contributed by atoms with Gasteiger partial charge in [-0.1, -0.05) is 12.1 Å². The first kappa shape index (κ1) is 20.1. The molecule has 1 amide bonds. The molecule has 0 aliphatic carbocycles. The Morgan fingerprint density at radius 3 is 2.67 bits per heavy atom. The standard InChI is InChI=1S/C21H32N2O4/c1-17(2)23-15-21(16-26-13-20(23)24)8-9-22(14-21)12-18-4-6-19(7-5-18)27-11-10-25-3/h4-7,17H,8-16H2,1-3H3. The Morgan fingerprint density at radius 1 is 1.19 bits per heavy atom. The summed E-state index contributed by atoms with van der Waals surface area (Å²) in [5.41, 5.74) is 1.33. The van der Waals surface area contributed by atoms with Crippen LogP contribution in [0.15, 0.2) is 24.3 Å². The van der Waals surface area contributed by atoms with Crippen LogP contribution < -0.4 is 4.74 Å². The smallest absolute Gasteiger partial charge is 0.248 e. The van der Waals surface area contributed by atoms with Crippen molar-refractivity contribution >= 4 is 5.91 Å². The SMILES string of the molecule is COCCOc1ccc(CN2CCC3(COCC(=O)N(C(C)C)C3)C2)cc1. The predicted molar refractivity (Wildman–Crippen MR) is 104 cm³/mol. The molecule has 0 bridgehead atoms. The second-order valence-electron chi connectivity index (χ2n) is 8.05. The highest BCUT2D eigenvalue weighted by Gasteiger charge is 2.43. The molecule has 3 rings (SSSR count). The van der Waals surface area contributed by atoms with Gasteiger partial charge in [0.1, 0.15) is 19.0 Å². The van der Waals surface area contributed by atoms with Gasteiger partial charge in [-0.25, -0.2) is 0 Å². The molecule has 6 nitrogen and oxygen atoms in total. The van der Waals surface area contributed by atoms with Crippen molar-refractivity contribution in [2.24, 2.45) is 5.41 Å². The number of benzene rings is 1. The maximum absolute atomic E-state index is 12.3. The van der Waals surface area contributed by atoms with Crippen molar-refractivity contribution in [3.63, 3.8) is 0 Å². The molecule has 2 aliphatic heterocycles. The van der Waals surface area contributed by atoms with Gasteiger partial charge in [0.2, 0.25) is 5.91 Å². The van der Waals surface area contributed by atoms with E-state index in [4.69, 9.17) is 14.2 Å². The molecule has 0 N–H and O–H groups in total. The number of methoxy groups -OCH3 is 1. The van der Waals surface area contributed by atoms with Crippen LogP contribution in [0.1, 0.15) is 25.8 Å². The Bertz CT molecular complexity index is 619. The zero-order valence-corrected chi connectivity index (χ0v) is 16.8. The molecule has 2 saturated heterocycles. The van der Waals surface area contributed by atoms with Gasteiger partial charge in [0.25, 0.3) is 0 Å². The number of amides is 1. The summed E-state index contributed by atoms with van der Waals surface area (Å²) in [5.74, 6) is 0.987. The van der Waals surface area contributed by atoms with Crippen LogP contribution in [0.4, 0.5) is 0 Å². The van der Waals surface area contributed by atoms with Crippen molar-refractivity contribution in [3.8, 4) is 5.75 Å². The minimum absolute atomic E-state index is 0.0552. The van der Waals surface area contributed by atoms with E-state index >= 15 is 0 Å². The third-order valence-electron chi connectivity index (χ3n) is 5.49. The molecule has 1 unspecified atom stereocenters. The summed E-state index contributed by atoms with van der Waals surface area (Å²) in [4.78, 5) is 16.7. The van der Waals surface area contributed by atoms with Gasteiger partial charge in [-0.2, -0.15) is 0 Å². The fourth-order valence-electron chi connectivity index (χ4n) is 4.01. The van der Waals surface area contributed by atoms with E-state index in [2.05, 4.69) is 30.9 Å². The third-order valence-corrected chi connectivity index (χ3v) is 5.49. The summed E-state index contributed by atoms with van der Waals surface area (Å²) in [6.45, 7) is 9.92. The molecule has 2 fully saturated rings. The monoisotopic (exact) mass is 376 g/mol. The van der Waals surface area contributed by atoms with Crippen LogP contribution in [0.2, 0.25) is 0 Å². The molecule has 0 aromatic heterocycles. The number of hydrogen-bond acceptors (Lipinski definition) is 5. The number of likely N-dealkylation sites (tertiary alicyclic amines) is 1. The average Bonchev–Trinajstić information content (AvgIpc) is 2.95. The molecule has 150 valence electrons. The zero-order chi connectivity index (χ0) is 19.3. The number of nitrogens with zero attached hydrogens (tertiary/aromatic N) is 2. The van der Waals surface area contributed by atoms with Gasteiger partial charge in [-0.15, -0.1) is 0 Å². The van der Waals surface area contributed by atoms with Gasteiger partial charge in [0.05, 0.1) is 13.2 Å². The number of carbonyl (C=O) groups is 1. The fraction of sp³-hybridized carbons (Fsp3) is 0.667. The maximum Gasteiger partial charge on any atom is 0.248 e. The van der Waals surface area contributed by atoms with E-state index in [9.17, 15) is 4.79 Å². The van der Waals surface area contributed by atoms with Crippen molar-refractivity contribution in [1.82, 2.24) is 9.80 Å². The predicted octanol–water partition coefficient (Wildman–Crippen LogP) is 2.17. The lowest BCUT2D eigenvalue weighted by Crippen LogP contribution is -2.45. The summed E-state index contributed by atoms with van der Waals surface area (Å²) in [7, 11) is 1.67. The molecule has 1 spiro atoms. The van der Waals surface area contributed by atoms with Crippen molar-refractivity contribution < 1.29 is 19.0 Å². The van der Waals surface area contributed by atoms with E-state index in [1.54, 1.807) is 7.11 Å². The first-order valence-corrected chi connectivity index (χ1v) is 9.82. The van der Waals surface area contributed by atoms with E-state index in [1.807, 2.05) is 17.0 Å². The first-order chi connectivity index (χ1) is 13.0. The number of rotatable bonds is 7. The molecule has 0 radical (unpaired) electrons. The van der Waals surface area contributed by atoms with Crippen molar-refractivity contribution in [2.75, 3.05) is 53.2 Å². The second-order valence-corrected chi connectivity index (χ2v) is 8.05. The van der Waals surface area contributed by atoms with E-state index in [-0.39, 0.29) is 24.0 Å². The van der Waals surface area contributed by atoms with E-state index in [1.165, 1.54) is 5.56 Å². The number of carbonyl (C=O) groups excluding carboxylic acids is 1. The summed E-state index contributed by atoms with van der Waals surface area (Å²) in [5, 5.41) is 0. The highest BCUT2D eigenvalue weighted by molar-refractivity contribution is 5.78. The maximum atomic E-state index is 12.3. The summed E-state index contributed by atoms with van der Waals surface area (Å²) in [6, 6.07) is 8.51. The van der Waals surface area contributed by atoms with Crippen LogP contribution >= 0.6 is 0 Å². The first-order valence-electron chi connectivity index (χ1n) is 9.82. The third kappa shape index (κ3) is 5.21. The number of hydrogen-bond donors (Lipinski definition) is 0. The Morgan fingerprint density at radius 2 is 1.96 bits per heavy atom. The zero-order valence-electron chi connectivity index (χ0n) is 16.8. The van der Waals surface area contributed by atoms with Gasteiger partial charge in [-0.3, -0.25) is 9.69 Å². The highest BCUT2D eigenvalue weighted by atomic mass is 16.5. The Hall–Kier alpha value is -1.63. The van der Waals surface area contributed by atoms with E-state index < -0.39 is 0 Å². The molecule has 6 heteroatoms. The van der Waals surface area contributed by atoms with Gasteiger partial charge in [0, 0.05) is 38.2 Å². The molecule has 1 aromatic carbocycles. The van der Waals surface area contributed by atoms with Gasteiger partial charge < -0.3 is 19.1 Å². The van der Waals surface area contributed by atoms with Crippen LogP contribution in [-0.2, 0) is 20.8 Å². The Kier molecular flexibility index (Phi) is 6.73. The van der Waals surface area contributed by atoms with Crippen LogP contribution in [0.3, 0.4) is 0 Å². The topological polar surface area (TPSA) is 51.2 Å². The normalized spacial score (nSPS) is 24.0. The minimum atomic E-state index is 0.0552. The highest BCUT2D eigenvalue weighted by Crippen LogP contribution is 2.35. The number of ether oxygens (including phenoxy) is 3. The lowest BCUT2D eigenvalue weighted by Gasteiger charge is -2.34. The van der Waals surface area contributed by atoms with Crippen LogP contribution in [0.5, 0.6) is 5.75 Å². The van der Waals surface area contributed by atoms with Gasteiger partial charge >= 0.3 is 0 Å². The molecule has 0 saturated carbocycles. The summed E-state index contributed by atoms with van der Waals surface area (Å²) >= 11 is 0. The summed E-state index contributed by atoms with van der Waals surface area (Å²) < 4.78 is 16.4. The van der Waals surface area contributed by atoms with Crippen molar-refractivity contribution in [2.45, 2.75) is 32.9 Å². The van der Waals surface area contributed by atoms with Crippen molar-refractivity contribution in [3.05, 3.63) is 29.8 Å². The molecule has 27 heavy (non-hydrogen) atoms. The average molecular weight is 376 g/mol. The minimum Gasteiger partial charge on any atom is -0.491 e. The van der Waals surface area contributed by atoms with Crippen LogP contribution in [0.25, 0.3) is 0 Å². The Labute approximate surface area is 162 Å². The van der Waals surface area contributed by atoms with Crippen LogP contribution in [-0.4, -0.2) is 74.9 Å².